The Morgan fingerprint density at radius 3 is 2.53 bits per heavy atom. The molecule has 9 heteroatoms. The van der Waals surface area contributed by atoms with Gasteiger partial charge in [0.25, 0.3) is 5.91 Å². The minimum atomic E-state index is -0.00643. The average Bonchev–Trinajstić information content (AvgIpc) is 3.14. The van der Waals surface area contributed by atoms with E-state index in [1.807, 2.05) is 42.7 Å². The molecular weight excluding hydrogens is 468 g/mol. The van der Waals surface area contributed by atoms with Gasteiger partial charge in [0.15, 0.2) is 11.5 Å². The van der Waals surface area contributed by atoms with Crippen LogP contribution in [0.2, 0.25) is 0 Å². The first-order chi connectivity index (χ1) is 16.6. The summed E-state index contributed by atoms with van der Waals surface area (Å²) in [5.41, 5.74) is 2.19. The molecule has 2 fully saturated rings. The number of hydrogen-bond donors (Lipinski definition) is 0. The topological polar surface area (TPSA) is 58.1 Å². The third-order valence-corrected chi connectivity index (χ3v) is 7.43. The molecule has 0 atom stereocenters. The molecule has 1 aromatic carbocycles. The fourth-order valence-electron chi connectivity index (χ4n) is 4.06. The highest BCUT2D eigenvalue weighted by atomic mass is 32.2. The van der Waals surface area contributed by atoms with Gasteiger partial charge in [0.1, 0.15) is 4.32 Å². The monoisotopic (exact) mass is 498 g/mol. The van der Waals surface area contributed by atoms with E-state index in [-0.39, 0.29) is 5.91 Å². The van der Waals surface area contributed by atoms with Crippen LogP contribution in [-0.2, 0) is 17.6 Å². The van der Waals surface area contributed by atoms with E-state index in [0.29, 0.717) is 33.7 Å². The normalized spacial score (nSPS) is 18.1. The number of rotatable bonds is 9. The molecule has 180 valence electrons. The highest BCUT2D eigenvalue weighted by Gasteiger charge is 2.32. The van der Waals surface area contributed by atoms with Gasteiger partial charge >= 0.3 is 0 Å². The van der Waals surface area contributed by atoms with Crippen molar-refractivity contribution < 1.29 is 14.3 Å². The number of methoxy groups -OCH3 is 2. The first kappa shape index (κ1) is 24.5. The Labute approximate surface area is 210 Å². The summed E-state index contributed by atoms with van der Waals surface area (Å²) in [7, 11) is 3.24. The fourth-order valence-corrected chi connectivity index (χ4v) is 5.38. The van der Waals surface area contributed by atoms with Gasteiger partial charge in [-0.25, -0.2) is 0 Å². The van der Waals surface area contributed by atoms with Crippen LogP contribution in [0.15, 0.2) is 53.7 Å². The Morgan fingerprint density at radius 1 is 1.03 bits per heavy atom. The molecular formula is C25H30N4O3S2. The quantitative estimate of drug-likeness (QED) is 0.386. The standard InChI is InChI=1S/C25H30N4O3S2/c1-31-21-7-6-19(17-22(21)32-2)8-12-29-24(30)23(34-25(29)33)18-28-15-13-27(14-16-28)11-9-20-5-3-4-10-26-20/h3-7,10,17-18H,8-9,11-16H2,1-2H3/b23-18+. The van der Waals surface area contributed by atoms with Crippen molar-refractivity contribution in [2.75, 3.05) is 53.5 Å². The van der Waals surface area contributed by atoms with Crippen molar-refractivity contribution in [1.29, 1.82) is 0 Å². The molecule has 0 N–H and O–H groups in total. The van der Waals surface area contributed by atoms with Crippen molar-refractivity contribution in [3.63, 3.8) is 0 Å². The second-order valence-corrected chi connectivity index (χ2v) is 9.88. The van der Waals surface area contributed by atoms with Gasteiger partial charge < -0.3 is 14.4 Å². The molecule has 0 radical (unpaired) electrons. The number of pyridine rings is 1. The van der Waals surface area contributed by atoms with Crippen LogP contribution in [0.3, 0.4) is 0 Å². The van der Waals surface area contributed by atoms with Crippen LogP contribution in [0.4, 0.5) is 0 Å². The van der Waals surface area contributed by atoms with E-state index in [1.165, 1.54) is 11.8 Å². The van der Waals surface area contributed by atoms with Gasteiger partial charge in [-0.15, -0.1) is 0 Å². The molecule has 2 aliphatic rings. The minimum absolute atomic E-state index is 0.00643. The second-order valence-electron chi connectivity index (χ2n) is 8.21. The Balaban J connectivity index is 1.27. The Morgan fingerprint density at radius 2 is 1.82 bits per heavy atom. The van der Waals surface area contributed by atoms with Gasteiger partial charge in [0.2, 0.25) is 0 Å². The average molecular weight is 499 g/mol. The van der Waals surface area contributed by atoms with Crippen LogP contribution in [0.25, 0.3) is 0 Å². The van der Waals surface area contributed by atoms with E-state index < -0.39 is 0 Å². The molecule has 2 aliphatic heterocycles. The number of thiocarbonyl (C=S) groups is 1. The van der Waals surface area contributed by atoms with Crippen LogP contribution in [-0.4, -0.2) is 83.4 Å². The van der Waals surface area contributed by atoms with Crippen molar-refractivity contribution in [3.05, 3.63) is 65.0 Å². The summed E-state index contributed by atoms with van der Waals surface area (Å²) in [6, 6.07) is 11.9. The van der Waals surface area contributed by atoms with E-state index in [1.54, 1.807) is 19.1 Å². The predicted molar refractivity (Wildman–Crippen MR) is 139 cm³/mol. The van der Waals surface area contributed by atoms with E-state index in [2.05, 4.69) is 20.9 Å². The molecule has 0 spiro atoms. The SMILES string of the molecule is COc1ccc(CCN2C(=O)/C(=C\N3CCN(CCc4ccccn4)CC3)SC2=S)cc1OC. The predicted octanol–water partition coefficient (Wildman–Crippen LogP) is 3.20. The summed E-state index contributed by atoms with van der Waals surface area (Å²) in [5, 5.41) is 0. The van der Waals surface area contributed by atoms with Crippen molar-refractivity contribution >= 4 is 34.2 Å². The van der Waals surface area contributed by atoms with Gasteiger partial charge in [-0.05, 0) is 36.2 Å². The summed E-state index contributed by atoms with van der Waals surface area (Å²) in [6.07, 6.45) is 5.48. The Hall–Kier alpha value is -2.62. The number of ether oxygens (including phenoxy) is 2. The van der Waals surface area contributed by atoms with Crippen LogP contribution < -0.4 is 9.47 Å². The maximum Gasteiger partial charge on any atom is 0.267 e. The second kappa shape index (κ2) is 11.7. The number of carbonyl (C=O) groups excluding carboxylic acids is 1. The number of piperazine rings is 1. The summed E-state index contributed by atoms with van der Waals surface area (Å²) in [5.74, 6) is 1.37. The number of thioether (sulfide) groups is 1. The lowest BCUT2D eigenvalue weighted by molar-refractivity contribution is -0.122. The number of carbonyl (C=O) groups is 1. The smallest absolute Gasteiger partial charge is 0.267 e. The van der Waals surface area contributed by atoms with E-state index in [4.69, 9.17) is 21.7 Å². The van der Waals surface area contributed by atoms with Gasteiger partial charge in [-0.3, -0.25) is 19.6 Å². The lowest BCUT2D eigenvalue weighted by Gasteiger charge is -2.34. The summed E-state index contributed by atoms with van der Waals surface area (Å²) in [6.45, 7) is 5.30. The molecule has 1 aromatic heterocycles. The zero-order valence-corrected chi connectivity index (χ0v) is 21.2. The minimum Gasteiger partial charge on any atom is -0.493 e. The molecule has 2 aromatic rings. The van der Waals surface area contributed by atoms with Gasteiger partial charge in [0, 0.05) is 63.8 Å². The maximum absolute atomic E-state index is 13.0. The van der Waals surface area contributed by atoms with Gasteiger partial charge in [-0.2, -0.15) is 0 Å². The fraction of sp³-hybridized carbons (Fsp3) is 0.400. The first-order valence-corrected chi connectivity index (χ1v) is 12.6. The molecule has 0 saturated carbocycles. The molecule has 1 amide bonds. The maximum atomic E-state index is 13.0. The Bertz CT molecular complexity index is 1040. The molecule has 34 heavy (non-hydrogen) atoms. The third kappa shape index (κ3) is 6.08. The third-order valence-electron chi connectivity index (χ3n) is 6.06. The first-order valence-electron chi connectivity index (χ1n) is 11.4. The zero-order valence-electron chi connectivity index (χ0n) is 19.6. The number of amides is 1. The van der Waals surface area contributed by atoms with Crippen molar-refractivity contribution in [1.82, 2.24) is 19.7 Å². The van der Waals surface area contributed by atoms with E-state index in [9.17, 15) is 4.79 Å². The molecule has 7 nitrogen and oxygen atoms in total. The lowest BCUT2D eigenvalue weighted by atomic mass is 10.1. The highest BCUT2D eigenvalue weighted by molar-refractivity contribution is 8.26. The van der Waals surface area contributed by atoms with Crippen molar-refractivity contribution in [3.8, 4) is 11.5 Å². The van der Waals surface area contributed by atoms with Crippen molar-refractivity contribution in [2.24, 2.45) is 0 Å². The molecule has 4 rings (SSSR count). The van der Waals surface area contributed by atoms with Gasteiger partial charge in [-0.1, -0.05) is 36.1 Å². The lowest BCUT2D eigenvalue weighted by Crippen LogP contribution is -2.45. The number of nitrogens with zero attached hydrogens (tertiary/aromatic N) is 4. The molecule has 3 heterocycles. The van der Waals surface area contributed by atoms with Crippen LogP contribution in [0.5, 0.6) is 11.5 Å². The zero-order chi connectivity index (χ0) is 23.9. The van der Waals surface area contributed by atoms with Crippen LogP contribution >= 0.6 is 24.0 Å². The number of hydrogen-bond acceptors (Lipinski definition) is 8. The van der Waals surface area contributed by atoms with Crippen molar-refractivity contribution in [2.45, 2.75) is 12.8 Å². The molecule has 0 bridgehead atoms. The summed E-state index contributed by atoms with van der Waals surface area (Å²) in [4.78, 5) is 24.5. The van der Waals surface area contributed by atoms with Crippen LogP contribution in [0.1, 0.15) is 11.3 Å². The Kier molecular flexibility index (Phi) is 8.42. The molecule has 0 unspecified atom stereocenters. The number of benzene rings is 1. The highest BCUT2D eigenvalue weighted by Crippen LogP contribution is 2.32. The van der Waals surface area contributed by atoms with Gasteiger partial charge in [0.05, 0.1) is 19.1 Å². The van der Waals surface area contributed by atoms with E-state index in [0.717, 1.165) is 50.4 Å². The number of aromatic nitrogens is 1. The van der Waals surface area contributed by atoms with E-state index >= 15 is 0 Å². The molecule has 2 saturated heterocycles. The summed E-state index contributed by atoms with van der Waals surface area (Å²) < 4.78 is 11.3. The van der Waals surface area contributed by atoms with Crippen LogP contribution in [0, 0.1) is 0 Å². The molecule has 0 aliphatic carbocycles. The largest absolute Gasteiger partial charge is 0.493 e. The summed E-state index contributed by atoms with van der Waals surface area (Å²) >= 11 is 6.91.